The molecule has 0 bridgehead atoms. The fourth-order valence-corrected chi connectivity index (χ4v) is 2.29. The Morgan fingerprint density at radius 2 is 1.90 bits per heavy atom. The molecule has 2 aromatic rings. The summed E-state index contributed by atoms with van der Waals surface area (Å²) < 4.78 is 12.1. The maximum atomic E-state index is 11.8. The Kier molecular flexibility index (Phi) is 4.13. The van der Waals surface area contributed by atoms with Crippen molar-refractivity contribution in [2.75, 3.05) is 14.2 Å². The molecule has 106 valence electrons. The number of nitrogens with zero attached hydrogens (tertiary/aromatic N) is 1. The quantitative estimate of drug-likeness (QED) is 0.800. The molecule has 0 fully saturated rings. The summed E-state index contributed by atoms with van der Waals surface area (Å²) in [4.78, 5) is 11.8. The zero-order chi connectivity index (χ0) is 14.7. The highest BCUT2D eigenvalue weighted by Gasteiger charge is 2.18. The predicted molar refractivity (Wildman–Crippen MR) is 78.1 cm³/mol. The first-order valence-corrected chi connectivity index (χ1v) is 6.52. The van der Waals surface area contributed by atoms with Crippen LogP contribution in [0.2, 0.25) is 0 Å². The van der Waals surface area contributed by atoms with Gasteiger partial charge in [0.15, 0.2) is 0 Å². The Morgan fingerprint density at radius 1 is 1.15 bits per heavy atom. The first-order chi connectivity index (χ1) is 9.58. The summed E-state index contributed by atoms with van der Waals surface area (Å²) in [5, 5.41) is 0. The van der Waals surface area contributed by atoms with Crippen LogP contribution in [-0.2, 0) is 4.74 Å². The molecule has 20 heavy (non-hydrogen) atoms. The van der Waals surface area contributed by atoms with Crippen molar-refractivity contribution < 1.29 is 14.3 Å². The number of carbonyl (C=O) groups excluding carboxylic acids is 1. The summed E-state index contributed by atoms with van der Waals surface area (Å²) in [5.74, 6) is 0.464. The van der Waals surface area contributed by atoms with E-state index < -0.39 is 0 Å². The van der Waals surface area contributed by atoms with Gasteiger partial charge in [0, 0.05) is 17.3 Å². The third kappa shape index (κ3) is 2.54. The number of ether oxygens (including phenoxy) is 2. The monoisotopic (exact) mass is 273 g/mol. The summed E-state index contributed by atoms with van der Waals surface area (Å²) in [6, 6.07) is 11.7. The smallest absolute Gasteiger partial charge is 0.354 e. The van der Waals surface area contributed by atoms with Gasteiger partial charge in [-0.25, -0.2) is 4.79 Å². The predicted octanol–water partition coefficient (Wildman–Crippen LogP) is 3.53. The van der Waals surface area contributed by atoms with E-state index in [1.165, 1.54) is 7.11 Å². The molecule has 0 spiro atoms. The summed E-state index contributed by atoms with van der Waals surface area (Å²) in [6.45, 7) is 4.08. The van der Waals surface area contributed by atoms with Gasteiger partial charge < -0.3 is 14.0 Å². The van der Waals surface area contributed by atoms with Crippen molar-refractivity contribution in [1.82, 2.24) is 4.57 Å². The molecule has 0 radical (unpaired) electrons. The lowest BCUT2D eigenvalue weighted by atomic mass is 10.1. The van der Waals surface area contributed by atoms with Crippen LogP contribution >= 0.6 is 0 Å². The lowest BCUT2D eigenvalue weighted by molar-refractivity contribution is 0.0587. The molecule has 4 heteroatoms. The van der Waals surface area contributed by atoms with Crippen molar-refractivity contribution in [2.24, 2.45) is 0 Å². The van der Waals surface area contributed by atoms with E-state index in [0.29, 0.717) is 5.69 Å². The van der Waals surface area contributed by atoms with Gasteiger partial charge in [-0.2, -0.15) is 0 Å². The van der Waals surface area contributed by atoms with Crippen LogP contribution in [0.1, 0.15) is 30.4 Å². The van der Waals surface area contributed by atoms with Crippen molar-refractivity contribution in [2.45, 2.75) is 19.9 Å². The van der Waals surface area contributed by atoms with Gasteiger partial charge in [-0.1, -0.05) is 12.1 Å². The molecular formula is C16H19NO3. The van der Waals surface area contributed by atoms with Gasteiger partial charge in [0.05, 0.1) is 14.2 Å². The first kappa shape index (κ1) is 14.2. The molecule has 1 aromatic heterocycles. The summed E-state index contributed by atoms with van der Waals surface area (Å²) in [6.07, 6.45) is 0. The lowest BCUT2D eigenvalue weighted by Gasteiger charge is -2.16. The van der Waals surface area contributed by atoms with Crippen LogP contribution in [0.25, 0.3) is 11.3 Å². The number of hydrogen-bond acceptors (Lipinski definition) is 3. The second-order valence-electron chi connectivity index (χ2n) is 4.79. The number of rotatable bonds is 4. The maximum absolute atomic E-state index is 11.8. The van der Waals surface area contributed by atoms with Crippen LogP contribution in [0.5, 0.6) is 5.75 Å². The molecule has 0 unspecified atom stereocenters. The SMILES string of the molecule is COC(=O)c1ccc(-c2cccc(OC)c2)n1C(C)C. The van der Waals surface area contributed by atoms with E-state index in [2.05, 4.69) is 0 Å². The number of aromatic nitrogens is 1. The van der Waals surface area contributed by atoms with Crippen LogP contribution in [-0.4, -0.2) is 24.8 Å². The Balaban J connectivity index is 2.56. The fraction of sp³-hybridized carbons (Fsp3) is 0.312. The maximum Gasteiger partial charge on any atom is 0.354 e. The normalized spacial score (nSPS) is 10.7. The van der Waals surface area contributed by atoms with Crippen LogP contribution in [0.4, 0.5) is 0 Å². The molecule has 0 saturated heterocycles. The molecule has 0 N–H and O–H groups in total. The molecule has 0 aliphatic heterocycles. The van der Waals surface area contributed by atoms with Crippen molar-refractivity contribution in [1.29, 1.82) is 0 Å². The number of hydrogen-bond donors (Lipinski definition) is 0. The molecular weight excluding hydrogens is 254 g/mol. The minimum atomic E-state index is -0.326. The van der Waals surface area contributed by atoms with E-state index in [4.69, 9.17) is 9.47 Å². The average molecular weight is 273 g/mol. The van der Waals surface area contributed by atoms with E-state index in [-0.39, 0.29) is 12.0 Å². The zero-order valence-corrected chi connectivity index (χ0v) is 12.2. The Bertz CT molecular complexity index is 614. The highest BCUT2D eigenvalue weighted by atomic mass is 16.5. The molecule has 0 saturated carbocycles. The topological polar surface area (TPSA) is 40.5 Å². The Morgan fingerprint density at radius 3 is 2.50 bits per heavy atom. The molecule has 0 atom stereocenters. The first-order valence-electron chi connectivity index (χ1n) is 6.52. The van der Waals surface area contributed by atoms with E-state index in [0.717, 1.165) is 17.0 Å². The number of benzene rings is 1. The van der Waals surface area contributed by atoms with Gasteiger partial charge in [0.2, 0.25) is 0 Å². The van der Waals surface area contributed by atoms with E-state index in [9.17, 15) is 4.79 Å². The number of methoxy groups -OCH3 is 2. The van der Waals surface area contributed by atoms with Gasteiger partial charge in [-0.05, 0) is 38.1 Å². The second kappa shape index (κ2) is 5.82. The van der Waals surface area contributed by atoms with Crippen LogP contribution in [0, 0.1) is 0 Å². The lowest BCUT2D eigenvalue weighted by Crippen LogP contribution is -2.13. The summed E-state index contributed by atoms with van der Waals surface area (Å²) in [7, 11) is 3.03. The van der Waals surface area contributed by atoms with Crippen molar-refractivity contribution >= 4 is 5.97 Å². The van der Waals surface area contributed by atoms with Crippen LogP contribution in [0.3, 0.4) is 0 Å². The zero-order valence-electron chi connectivity index (χ0n) is 12.2. The fourth-order valence-electron chi connectivity index (χ4n) is 2.29. The summed E-state index contributed by atoms with van der Waals surface area (Å²) >= 11 is 0. The van der Waals surface area contributed by atoms with Gasteiger partial charge in [0.1, 0.15) is 11.4 Å². The second-order valence-corrected chi connectivity index (χ2v) is 4.79. The highest BCUT2D eigenvalue weighted by Crippen LogP contribution is 2.29. The van der Waals surface area contributed by atoms with Crippen LogP contribution < -0.4 is 4.74 Å². The Hall–Kier alpha value is -2.23. The van der Waals surface area contributed by atoms with Crippen LogP contribution in [0.15, 0.2) is 36.4 Å². The molecule has 0 aliphatic carbocycles. The third-order valence-corrected chi connectivity index (χ3v) is 3.19. The average Bonchev–Trinajstić information content (AvgIpc) is 2.91. The molecule has 4 nitrogen and oxygen atoms in total. The van der Waals surface area contributed by atoms with E-state index >= 15 is 0 Å². The molecule has 1 heterocycles. The van der Waals surface area contributed by atoms with E-state index in [1.807, 2.05) is 48.7 Å². The van der Waals surface area contributed by atoms with Gasteiger partial charge in [-0.15, -0.1) is 0 Å². The molecule has 0 aliphatic rings. The highest BCUT2D eigenvalue weighted by molar-refractivity contribution is 5.89. The molecule has 2 rings (SSSR count). The van der Waals surface area contributed by atoms with Crippen molar-refractivity contribution in [3.63, 3.8) is 0 Å². The molecule has 1 aromatic carbocycles. The minimum Gasteiger partial charge on any atom is -0.497 e. The summed E-state index contributed by atoms with van der Waals surface area (Å²) in [5.41, 5.74) is 2.54. The van der Waals surface area contributed by atoms with Gasteiger partial charge in [0.25, 0.3) is 0 Å². The molecule has 0 amide bonds. The van der Waals surface area contributed by atoms with Crippen molar-refractivity contribution in [3.8, 4) is 17.0 Å². The van der Waals surface area contributed by atoms with Gasteiger partial charge >= 0.3 is 5.97 Å². The minimum absolute atomic E-state index is 0.153. The number of esters is 1. The number of carbonyl (C=O) groups is 1. The largest absolute Gasteiger partial charge is 0.497 e. The van der Waals surface area contributed by atoms with Crippen molar-refractivity contribution in [3.05, 3.63) is 42.1 Å². The van der Waals surface area contributed by atoms with E-state index in [1.54, 1.807) is 13.2 Å². The standard InChI is InChI=1S/C16H19NO3/c1-11(2)17-14(8-9-15(17)16(18)20-4)12-6-5-7-13(10-12)19-3/h5-11H,1-4H3. The Labute approximate surface area is 118 Å². The van der Waals surface area contributed by atoms with Gasteiger partial charge in [-0.3, -0.25) is 0 Å². The third-order valence-electron chi connectivity index (χ3n) is 3.19.